The molecule has 0 atom stereocenters. The minimum absolute atomic E-state index is 0.301. The summed E-state index contributed by atoms with van der Waals surface area (Å²) >= 11 is 19.9. The highest BCUT2D eigenvalue weighted by molar-refractivity contribution is 9.11. The molecule has 1 heterocycles. The molecule has 0 unspecified atom stereocenters. The number of amidine groups is 1. The van der Waals surface area contributed by atoms with Crippen LogP contribution in [-0.4, -0.2) is 28.8 Å². The SMILES string of the molecule is O=C(O)COc1c(Br)cc(/C=C2/SC(=Nc3cc(Cl)ccc3Cl)NC2=O)cc1Br. The van der Waals surface area contributed by atoms with E-state index in [2.05, 4.69) is 42.2 Å². The van der Waals surface area contributed by atoms with Crippen LogP contribution in [0.4, 0.5) is 5.69 Å². The number of benzene rings is 2. The van der Waals surface area contributed by atoms with Gasteiger partial charge in [-0.2, -0.15) is 0 Å². The summed E-state index contributed by atoms with van der Waals surface area (Å²) < 4.78 is 6.33. The lowest BCUT2D eigenvalue weighted by atomic mass is 10.2. The fraction of sp³-hybridized carbons (Fsp3) is 0.0556. The van der Waals surface area contributed by atoms with Gasteiger partial charge in [0.25, 0.3) is 5.91 Å². The molecule has 1 aliphatic rings. The Balaban J connectivity index is 1.84. The van der Waals surface area contributed by atoms with E-state index in [-0.39, 0.29) is 5.91 Å². The fourth-order valence-corrected chi connectivity index (χ4v) is 4.86. The van der Waals surface area contributed by atoms with Gasteiger partial charge in [0.1, 0.15) is 5.75 Å². The van der Waals surface area contributed by atoms with Gasteiger partial charge in [0, 0.05) is 5.02 Å². The standard InChI is InChI=1S/C18H10Br2Cl2N2O4S/c19-10-3-8(4-11(20)16(10)28-7-15(25)26)5-14-17(27)24-18(29-14)23-13-6-9(21)1-2-12(13)22/h1-6H,7H2,(H,25,26)(H,23,24,27)/b14-5+. The first-order valence-electron chi connectivity index (χ1n) is 7.81. The monoisotopic (exact) mass is 578 g/mol. The van der Waals surface area contributed by atoms with Crippen LogP contribution in [-0.2, 0) is 9.59 Å². The predicted octanol–water partition coefficient (Wildman–Crippen LogP) is 5.87. The Bertz CT molecular complexity index is 1050. The Labute approximate surface area is 196 Å². The lowest BCUT2D eigenvalue weighted by Crippen LogP contribution is -2.19. The van der Waals surface area contributed by atoms with Crippen LogP contribution in [0.5, 0.6) is 5.75 Å². The zero-order valence-electron chi connectivity index (χ0n) is 14.2. The average Bonchev–Trinajstić information content (AvgIpc) is 2.96. The number of halogens is 4. The number of nitrogens with zero attached hydrogens (tertiary/aromatic N) is 1. The quantitative estimate of drug-likeness (QED) is 0.432. The van der Waals surface area contributed by atoms with Crippen molar-refractivity contribution >= 4 is 95.6 Å². The van der Waals surface area contributed by atoms with Gasteiger partial charge in [-0.25, -0.2) is 9.79 Å². The molecule has 3 rings (SSSR count). The number of carboxylic acid groups (broad SMARTS) is 1. The van der Waals surface area contributed by atoms with Gasteiger partial charge in [-0.3, -0.25) is 4.79 Å². The van der Waals surface area contributed by atoms with Crippen LogP contribution < -0.4 is 10.1 Å². The van der Waals surface area contributed by atoms with E-state index < -0.39 is 12.6 Å². The molecule has 1 aliphatic heterocycles. The first kappa shape index (κ1) is 22.2. The van der Waals surface area contributed by atoms with Crippen molar-refractivity contribution in [2.24, 2.45) is 4.99 Å². The van der Waals surface area contributed by atoms with Gasteiger partial charge in [0.2, 0.25) is 0 Å². The highest BCUT2D eigenvalue weighted by atomic mass is 79.9. The van der Waals surface area contributed by atoms with Gasteiger partial charge in [0.15, 0.2) is 11.8 Å². The minimum atomic E-state index is -1.08. The first-order chi connectivity index (χ1) is 13.7. The fourth-order valence-electron chi connectivity index (χ4n) is 2.25. The summed E-state index contributed by atoms with van der Waals surface area (Å²) in [7, 11) is 0. The number of ether oxygens (including phenoxy) is 1. The van der Waals surface area contributed by atoms with Crippen LogP contribution in [0.3, 0.4) is 0 Å². The van der Waals surface area contributed by atoms with E-state index in [1.165, 1.54) is 0 Å². The van der Waals surface area contributed by atoms with Crippen molar-refractivity contribution in [3.8, 4) is 5.75 Å². The molecule has 6 nitrogen and oxygen atoms in total. The number of hydrogen-bond donors (Lipinski definition) is 2. The third kappa shape index (κ3) is 5.76. The number of thioether (sulfide) groups is 1. The molecule has 0 bridgehead atoms. The molecular formula is C18H10Br2Cl2N2O4S. The number of carbonyl (C=O) groups is 2. The van der Waals surface area contributed by atoms with E-state index in [4.69, 9.17) is 33.0 Å². The van der Waals surface area contributed by atoms with E-state index in [0.717, 1.165) is 11.8 Å². The predicted molar refractivity (Wildman–Crippen MR) is 122 cm³/mol. The lowest BCUT2D eigenvalue weighted by molar-refractivity contribution is -0.139. The molecule has 1 saturated heterocycles. The number of aliphatic imine (C=N–C) groups is 1. The molecule has 0 saturated carbocycles. The first-order valence-corrected chi connectivity index (χ1v) is 11.0. The normalized spacial score (nSPS) is 16.3. The summed E-state index contributed by atoms with van der Waals surface area (Å²) in [5.41, 5.74) is 1.15. The minimum Gasteiger partial charge on any atom is -0.480 e. The summed E-state index contributed by atoms with van der Waals surface area (Å²) in [6.45, 7) is -0.470. The Morgan fingerprint density at radius 2 is 1.93 bits per heavy atom. The van der Waals surface area contributed by atoms with Crippen molar-refractivity contribution < 1.29 is 19.4 Å². The van der Waals surface area contributed by atoms with Crippen LogP contribution in [0.2, 0.25) is 10.0 Å². The van der Waals surface area contributed by atoms with E-state index >= 15 is 0 Å². The molecule has 1 amide bonds. The molecule has 1 fully saturated rings. The van der Waals surface area contributed by atoms with E-state index in [0.29, 0.717) is 46.1 Å². The van der Waals surface area contributed by atoms with E-state index in [1.54, 1.807) is 36.4 Å². The summed E-state index contributed by atoms with van der Waals surface area (Å²) in [6.07, 6.45) is 1.68. The van der Waals surface area contributed by atoms with Crippen LogP contribution in [0.25, 0.3) is 6.08 Å². The second kappa shape index (κ2) is 9.53. The number of carboxylic acids is 1. The van der Waals surface area contributed by atoms with E-state index in [9.17, 15) is 9.59 Å². The molecule has 0 radical (unpaired) electrons. The summed E-state index contributed by atoms with van der Waals surface area (Å²) in [5.74, 6) is -1.03. The van der Waals surface area contributed by atoms with Crippen molar-refractivity contribution in [3.63, 3.8) is 0 Å². The van der Waals surface area contributed by atoms with Crippen molar-refractivity contribution in [2.75, 3.05) is 6.61 Å². The molecule has 2 aromatic carbocycles. The molecule has 0 aromatic heterocycles. The number of amides is 1. The molecule has 2 N–H and O–H groups in total. The van der Waals surface area contributed by atoms with Gasteiger partial charge in [-0.15, -0.1) is 0 Å². The van der Waals surface area contributed by atoms with Crippen LogP contribution in [0.1, 0.15) is 5.56 Å². The molecular weight excluding hydrogens is 571 g/mol. The zero-order valence-corrected chi connectivity index (χ0v) is 19.7. The number of carbonyl (C=O) groups excluding carboxylic acids is 1. The summed E-state index contributed by atoms with van der Waals surface area (Å²) in [6, 6.07) is 8.32. The van der Waals surface area contributed by atoms with Crippen LogP contribution in [0, 0.1) is 0 Å². The van der Waals surface area contributed by atoms with Gasteiger partial charge in [0.05, 0.1) is 24.6 Å². The molecule has 150 valence electrons. The highest BCUT2D eigenvalue weighted by Gasteiger charge is 2.24. The number of hydrogen-bond acceptors (Lipinski definition) is 5. The maximum Gasteiger partial charge on any atom is 0.341 e. The van der Waals surface area contributed by atoms with Gasteiger partial charge < -0.3 is 15.2 Å². The second-order valence-electron chi connectivity index (χ2n) is 5.57. The van der Waals surface area contributed by atoms with Gasteiger partial charge in [-0.05, 0) is 85.6 Å². The molecule has 2 aromatic rings. The number of rotatable bonds is 5. The topological polar surface area (TPSA) is 88.0 Å². The van der Waals surface area contributed by atoms with Crippen LogP contribution in [0.15, 0.2) is 49.2 Å². The van der Waals surface area contributed by atoms with Crippen LogP contribution >= 0.6 is 66.8 Å². The lowest BCUT2D eigenvalue weighted by Gasteiger charge is -2.09. The van der Waals surface area contributed by atoms with Crippen molar-refractivity contribution in [3.05, 3.63) is 59.8 Å². The third-order valence-electron chi connectivity index (χ3n) is 3.44. The second-order valence-corrected chi connectivity index (χ2v) is 9.16. The third-order valence-corrected chi connectivity index (χ3v) is 6.08. The molecule has 11 heteroatoms. The van der Waals surface area contributed by atoms with Crippen molar-refractivity contribution in [1.29, 1.82) is 0 Å². The Kier molecular flexibility index (Phi) is 7.28. The van der Waals surface area contributed by atoms with Gasteiger partial charge in [-0.1, -0.05) is 23.2 Å². The summed E-state index contributed by atoms with van der Waals surface area (Å²) in [5, 5.41) is 12.7. The zero-order chi connectivity index (χ0) is 21.1. The number of nitrogens with one attached hydrogen (secondary N) is 1. The van der Waals surface area contributed by atoms with Crippen molar-refractivity contribution in [1.82, 2.24) is 5.32 Å². The average molecular weight is 581 g/mol. The maximum atomic E-state index is 12.3. The summed E-state index contributed by atoms with van der Waals surface area (Å²) in [4.78, 5) is 27.8. The maximum absolute atomic E-state index is 12.3. The molecule has 0 aliphatic carbocycles. The Morgan fingerprint density at radius 1 is 1.24 bits per heavy atom. The number of aliphatic carboxylic acids is 1. The highest BCUT2D eigenvalue weighted by Crippen LogP contribution is 2.37. The van der Waals surface area contributed by atoms with E-state index in [1.807, 2.05) is 0 Å². The largest absolute Gasteiger partial charge is 0.480 e. The molecule has 0 spiro atoms. The Morgan fingerprint density at radius 3 is 2.59 bits per heavy atom. The Hall–Kier alpha value is -1.52. The van der Waals surface area contributed by atoms with Crippen molar-refractivity contribution in [2.45, 2.75) is 0 Å². The molecule has 29 heavy (non-hydrogen) atoms. The smallest absolute Gasteiger partial charge is 0.341 e. The van der Waals surface area contributed by atoms with Gasteiger partial charge >= 0.3 is 5.97 Å².